The Morgan fingerprint density at radius 2 is 1.79 bits per heavy atom. The fourth-order valence-electron chi connectivity index (χ4n) is 7.56. The Hall–Kier alpha value is -0.870. The van der Waals surface area contributed by atoms with Gasteiger partial charge in [0.25, 0.3) is 0 Å². The number of alkyl halides is 2. The minimum atomic E-state index is -1.13. The standard InChI is InChI=1S/C23H30Cl2O4/c1-13(26)22(29-14(2)27)10-8-17-18-6-5-15-11-16(28)7-9-20(15,3)23(18,25)19(24)12-21(17,22)4/h11,17-19H,5-10,12H2,1-4H3. The molecule has 0 aromatic carbocycles. The number of Topliss-reactive ketones (excluding diaryl/α,β-unsaturated/α-hetero) is 1. The average Bonchev–Trinajstić information content (AvgIpc) is 2.90. The zero-order chi connectivity index (χ0) is 21.4. The minimum absolute atomic E-state index is 0.102. The molecule has 0 aromatic heterocycles. The van der Waals surface area contributed by atoms with Gasteiger partial charge in [0.1, 0.15) is 0 Å². The van der Waals surface area contributed by atoms with Gasteiger partial charge < -0.3 is 4.74 Å². The first-order valence-electron chi connectivity index (χ1n) is 10.7. The smallest absolute Gasteiger partial charge is 0.303 e. The SMILES string of the molecule is CC(=O)OC1(C(C)=O)CCC2C3CCC4=CC(=O)CCC4(C)C3(Cl)C(Cl)CC21C. The number of carbonyl (C=O) groups is 3. The molecule has 29 heavy (non-hydrogen) atoms. The molecule has 0 heterocycles. The van der Waals surface area contributed by atoms with E-state index >= 15 is 0 Å². The van der Waals surface area contributed by atoms with Crippen molar-refractivity contribution in [3.05, 3.63) is 11.6 Å². The summed E-state index contributed by atoms with van der Waals surface area (Å²) < 4.78 is 5.79. The lowest BCUT2D eigenvalue weighted by Crippen LogP contribution is -2.68. The number of esters is 1. The molecule has 3 saturated carbocycles. The van der Waals surface area contributed by atoms with Gasteiger partial charge in [0.2, 0.25) is 0 Å². The van der Waals surface area contributed by atoms with E-state index in [1.807, 2.05) is 0 Å². The minimum Gasteiger partial charge on any atom is -0.451 e. The molecule has 4 aliphatic rings. The summed E-state index contributed by atoms with van der Waals surface area (Å²) in [5.41, 5.74) is -0.872. The fourth-order valence-corrected chi connectivity index (χ4v) is 8.83. The summed E-state index contributed by atoms with van der Waals surface area (Å²) in [6.07, 6.45) is 6.52. The molecule has 0 saturated heterocycles. The number of rotatable bonds is 2. The number of ketones is 2. The van der Waals surface area contributed by atoms with Crippen molar-refractivity contribution in [3.8, 4) is 0 Å². The van der Waals surface area contributed by atoms with Gasteiger partial charge in [-0.15, -0.1) is 23.2 Å². The highest BCUT2D eigenvalue weighted by Gasteiger charge is 2.74. The van der Waals surface area contributed by atoms with Crippen LogP contribution in [0.25, 0.3) is 0 Å². The monoisotopic (exact) mass is 440 g/mol. The predicted molar refractivity (Wildman–Crippen MR) is 112 cm³/mol. The summed E-state index contributed by atoms with van der Waals surface area (Å²) in [5, 5.41) is -0.385. The van der Waals surface area contributed by atoms with E-state index in [0.29, 0.717) is 25.7 Å². The topological polar surface area (TPSA) is 60.4 Å². The van der Waals surface area contributed by atoms with Crippen molar-refractivity contribution in [1.82, 2.24) is 0 Å². The molecule has 0 bridgehead atoms. The second-order valence-electron chi connectivity index (χ2n) is 10.1. The first-order chi connectivity index (χ1) is 13.4. The summed E-state index contributed by atoms with van der Waals surface area (Å²) in [7, 11) is 0. The van der Waals surface area contributed by atoms with E-state index in [-0.39, 0.29) is 34.2 Å². The van der Waals surface area contributed by atoms with Gasteiger partial charge in [0.05, 0.1) is 10.3 Å². The van der Waals surface area contributed by atoms with Crippen LogP contribution in [0.4, 0.5) is 0 Å². The Labute approximate surface area is 182 Å². The molecular weight excluding hydrogens is 411 g/mol. The van der Waals surface area contributed by atoms with E-state index in [4.69, 9.17) is 27.9 Å². The third-order valence-corrected chi connectivity index (χ3v) is 10.6. The van der Waals surface area contributed by atoms with E-state index < -0.39 is 21.9 Å². The zero-order valence-electron chi connectivity index (χ0n) is 17.6. The van der Waals surface area contributed by atoms with E-state index in [2.05, 4.69) is 13.8 Å². The summed E-state index contributed by atoms with van der Waals surface area (Å²) in [6, 6.07) is 0. The van der Waals surface area contributed by atoms with Gasteiger partial charge >= 0.3 is 5.97 Å². The molecule has 4 rings (SSSR count). The molecule has 4 aliphatic carbocycles. The van der Waals surface area contributed by atoms with E-state index in [9.17, 15) is 14.4 Å². The third-order valence-electron chi connectivity index (χ3n) is 9.01. The van der Waals surface area contributed by atoms with Crippen LogP contribution in [-0.4, -0.2) is 33.4 Å². The summed E-state index contributed by atoms with van der Waals surface area (Å²) in [6.45, 7) is 7.13. The van der Waals surface area contributed by atoms with Crippen molar-refractivity contribution in [2.75, 3.05) is 0 Å². The normalized spacial score (nSPS) is 48.8. The Balaban J connectivity index is 1.81. The van der Waals surface area contributed by atoms with Gasteiger partial charge in [-0.1, -0.05) is 19.4 Å². The Morgan fingerprint density at radius 3 is 2.41 bits per heavy atom. The fraction of sp³-hybridized carbons (Fsp3) is 0.783. The summed E-state index contributed by atoms with van der Waals surface area (Å²) >= 11 is 14.6. The zero-order valence-corrected chi connectivity index (χ0v) is 19.2. The van der Waals surface area contributed by atoms with Crippen molar-refractivity contribution >= 4 is 40.7 Å². The second-order valence-corrected chi connectivity index (χ2v) is 11.2. The molecule has 0 radical (unpaired) electrons. The molecule has 0 N–H and O–H groups in total. The van der Waals surface area contributed by atoms with E-state index in [0.717, 1.165) is 24.8 Å². The number of carbonyl (C=O) groups excluding carboxylic acids is 3. The Morgan fingerprint density at radius 1 is 1.10 bits per heavy atom. The number of hydrogen-bond donors (Lipinski definition) is 0. The quantitative estimate of drug-likeness (QED) is 0.448. The molecule has 0 aliphatic heterocycles. The van der Waals surface area contributed by atoms with Crippen LogP contribution in [0, 0.1) is 22.7 Å². The summed E-state index contributed by atoms with van der Waals surface area (Å²) in [4.78, 5) is 36.2. The maximum Gasteiger partial charge on any atom is 0.303 e. The Kier molecular flexibility index (Phi) is 4.83. The number of allylic oxidation sites excluding steroid dienone is 1. The Bertz CT molecular complexity index is 822. The summed E-state index contributed by atoms with van der Waals surface area (Å²) in [5.74, 6) is -0.0990. The van der Waals surface area contributed by atoms with Crippen molar-refractivity contribution in [2.24, 2.45) is 22.7 Å². The number of fused-ring (bicyclic) bond motifs is 5. The number of halogens is 2. The van der Waals surface area contributed by atoms with E-state index in [1.54, 1.807) is 6.08 Å². The molecule has 7 unspecified atom stereocenters. The average molecular weight is 441 g/mol. The maximum atomic E-state index is 12.8. The van der Waals surface area contributed by atoms with Crippen LogP contribution >= 0.6 is 23.2 Å². The maximum absolute atomic E-state index is 12.8. The van der Waals surface area contributed by atoms with Crippen molar-refractivity contribution in [1.29, 1.82) is 0 Å². The van der Waals surface area contributed by atoms with Crippen molar-refractivity contribution in [2.45, 2.75) is 88.5 Å². The largest absolute Gasteiger partial charge is 0.451 e. The van der Waals surface area contributed by atoms with Gasteiger partial charge in [-0.3, -0.25) is 14.4 Å². The lowest BCUT2D eigenvalue weighted by atomic mass is 9.45. The highest BCUT2D eigenvalue weighted by atomic mass is 35.5. The molecule has 4 nitrogen and oxygen atoms in total. The number of ether oxygens (including phenoxy) is 1. The predicted octanol–water partition coefficient (Wildman–Crippen LogP) is 4.99. The first-order valence-corrected chi connectivity index (χ1v) is 11.5. The van der Waals surface area contributed by atoms with Crippen LogP contribution in [0.5, 0.6) is 0 Å². The van der Waals surface area contributed by atoms with Crippen LogP contribution in [0.2, 0.25) is 0 Å². The molecule has 0 spiro atoms. The number of hydrogen-bond acceptors (Lipinski definition) is 4. The van der Waals surface area contributed by atoms with Crippen LogP contribution in [0.1, 0.15) is 72.6 Å². The first kappa shape index (κ1) is 21.4. The van der Waals surface area contributed by atoms with Crippen LogP contribution < -0.4 is 0 Å². The van der Waals surface area contributed by atoms with Crippen molar-refractivity contribution in [3.63, 3.8) is 0 Å². The van der Waals surface area contributed by atoms with Gasteiger partial charge in [-0.05, 0) is 63.4 Å². The highest BCUT2D eigenvalue weighted by Crippen LogP contribution is 2.72. The highest BCUT2D eigenvalue weighted by molar-refractivity contribution is 6.33. The van der Waals surface area contributed by atoms with Crippen LogP contribution in [-0.2, 0) is 19.1 Å². The third kappa shape index (κ3) is 2.54. The lowest BCUT2D eigenvalue weighted by molar-refractivity contribution is -0.185. The van der Waals surface area contributed by atoms with Gasteiger partial charge in [-0.2, -0.15) is 0 Å². The molecule has 7 atom stereocenters. The van der Waals surface area contributed by atoms with Gasteiger partial charge in [-0.25, -0.2) is 0 Å². The molecule has 0 amide bonds. The van der Waals surface area contributed by atoms with Crippen LogP contribution in [0.15, 0.2) is 11.6 Å². The molecule has 3 fully saturated rings. The van der Waals surface area contributed by atoms with Crippen LogP contribution in [0.3, 0.4) is 0 Å². The molecular formula is C23H30Cl2O4. The van der Waals surface area contributed by atoms with Gasteiger partial charge in [0.15, 0.2) is 17.2 Å². The molecule has 160 valence electrons. The lowest BCUT2D eigenvalue weighted by Gasteiger charge is -2.64. The molecule has 6 heteroatoms. The van der Waals surface area contributed by atoms with E-state index in [1.165, 1.54) is 13.8 Å². The van der Waals surface area contributed by atoms with Crippen molar-refractivity contribution < 1.29 is 19.1 Å². The van der Waals surface area contributed by atoms with Gasteiger partial charge in [0, 0.05) is 24.2 Å². The molecule has 0 aromatic rings. The second kappa shape index (κ2) is 6.56.